The number of rotatable bonds is 8. The lowest BCUT2D eigenvalue weighted by atomic mass is 10.1. The Morgan fingerprint density at radius 2 is 1.95 bits per heavy atom. The Bertz CT molecular complexity index is 433. The van der Waals surface area contributed by atoms with Crippen molar-refractivity contribution < 1.29 is 24.1 Å². The van der Waals surface area contributed by atoms with Gasteiger partial charge in [0.25, 0.3) is 0 Å². The zero-order chi connectivity index (χ0) is 14.3. The number of hydrogen-bond donors (Lipinski definition) is 1. The van der Waals surface area contributed by atoms with Gasteiger partial charge in [0, 0.05) is 18.9 Å². The van der Waals surface area contributed by atoms with Crippen LogP contribution in [0.5, 0.6) is 5.75 Å². The van der Waals surface area contributed by atoms with Crippen molar-refractivity contribution in [2.75, 3.05) is 33.5 Å². The minimum absolute atomic E-state index is 0.0995. The number of carbonyl (C=O) groups is 1. The van der Waals surface area contributed by atoms with Crippen LogP contribution in [0.3, 0.4) is 0 Å². The van der Waals surface area contributed by atoms with Crippen LogP contribution in [0, 0.1) is 13.8 Å². The molecule has 0 unspecified atom stereocenters. The maximum absolute atomic E-state index is 11.2. The van der Waals surface area contributed by atoms with Crippen LogP contribution in [0.1, 0.15) is 21.7 Å². The average Bonchev–Trinajstić information content (AvgIpc) is 2.32. The van der Waals surface area contributed by atoms with Crippen LogP contribution in [-0.4, -0.2) is 49.6 Å². The second kappa shape index (κ2) is 7.70. The van der Waals surface area contributed by atoms with Gasteiger partial charge in [-0.1, -0.05) is 0 Å². The number of nitrogens with zero attached hydrogens (tertiary/aromatic N) is 1. The molecule has 6 nitrogen and oxygen atoms in total. The zero-order valence-corrected chi connectivity index (χ0v) is 11.4. The molecule has 1 heterocycles. The molecule has 6 heteroatoms. The van der Waals surface area contributed by atoms with E-state index < -0.39 is 5.97 Å². The van der Waals surface area contributed by atoms with Crippen molar-refractivity contribution in [2.45, 2.75) is 13.8 Å². The number of hydrogen-bond acceptors (Lipinski definition) is 5. The summed E-state index contributed by atoms with van der Waals surface area (Å²) in [4.78, 5) is 15.3. The van der Waals surface area contributed by atoms with Crippen molar-refractivity contribution in [3.63, 3.8) is 0 Å². The molecule has 19 heavy (non-hydrogen) atoms. The van der Waals surface area contributed by atoms with Gasteiger partial charge in [0.05, 0.1) is 25.5 Å². The fourth-order valence-electron chi connectivity index (χ4n) is 1.62. The Labute approximate surface area is 112 Å². The highest BCUT2D eigenvalue weighted by Crippen LogP contribution is 2.22. The maximum Gasteiger partial charge on any atom is 0.341 e. The number of methoxy groups -OCH3 is 1. The molecular weight excluding hydrogens is 250 g/mol. The van der Waals surface area contributed by atoms with Gasteiger partial charge >= 0.3 is 5.97 Å². The third-order valence-corrected chi connectivity index (χ3v) is 2.42. The first-order valence-electron chi connectivity index (χ1n) is 5.97. The summed E-state index contributed by atoms with van der Waals surface area (Å²) in [5.74, 6) is -0.715. The first kappa shape index (κ1) is 15.4. The van der Waals surface area contributed by atoms with Crippen LogP contribution in [0.25, 0.3) is 0 Å². The van der Waals surface area contributed by atoms with Crippen molar-refractivity contribution in [2.24, 2.45) is 0 Å². The maximum atomic E-state index is 11.2. The molecule has 0 aliphatic heterocycles. The summed E-state index contributed by atoms with van der Waals surface area (Å²) in [5.41, 5.74) is 1.27. The van der Waals surface area contributed by atoms with Gasteiger partial charge in [-0.25, -0.2) is 4.79 Å². The Kier molecular flexibility index (Phi) is 6.24. The molecule has 0 radical (unpaired) electrons. The van der Waals surface area contributed by atoms with Gasteiger partial charge in [-0.15, -0.1) is 0 Å². The molecule has 0 aliphatic rings. The van der Waals surface area contributed by atoms with Gasteiger partial charge < -0.3 is 19.3 Å². The van der Waals surface area contributed by atoms with E-state index in [4.69, 9.17) is 19.3 Å². The van der Waals surface area contributed by atoms with Crippen LogP contribution < -0.4 is 4.74 Å². The molecular formula is C13H19NO5. The van der Waals surface area contributed by atoms with Crippen LogP contribution in [0.4, 0.5) is 0 Å². The van der Waals surface area contributed by atoms with E-state index in [0.717, 1.165) is 5.69 Å². The molecule has 0 saturated carbocycles. The quantitative estimate of drug-likeness (QED) is 0.719. The fraction of sp³-hybridized carbons (Fsp3) is 0.538. The lowest BCUT2D eigenvalue weighted by molar-refractivity contribution is 0.0534. The van der Waals surface area contributed by atoms with Gasteiger partial charge in [-0.3, -0.25) is 4.98 Å². The van der Waals surface area contributed by atoms with Crippen LogP contribution in [-0.2, 0) is 9.47 Å². The minimum atomic E-state index is -1.04. The average molecular weight is 269 g/mol. The fourth-order valence-corrected chi connectivity index (χ4v) is 1.62. The largest absolute Gasteiger partial charge is 0.490 e. The van der Waals surface area contributed by atoms with E-state index in [0.29, 0.717) is 31.3 Å². The number of carboxylic acids is 1. The summed E-state index contributed by atoms with van der Waals surface area (Å²) >= 11 is 0. The highest BCUT2D eigenvalue weighted by atomic mass is 16.5. The topological polar surface area (TPSA) is 77.9 Å². The predicted octanol–water partition coefficient (Wildman–Crippen LogP) is 1.44. The second-order valence-electron chi connectivity index (χ2n) is 3.98. The van der Waals surface area contributed by atoms with E-state index >= 15 is 0 Å². The highest BCUT2D eigenvalue weighted by molar-refractivity contribution is 5.92. The number of pyridine rings is 1. The summed E-state index contributed by atoms with van der Waals surface area (Å²) in [7, 11) is 1.60. The lowest BCUT2D eigenvalue weighted by Crippen LogP contribution is -2.13. The molecule has 0 amide bonds. The Hall–Kier alpha value is -1.66. The third-order valence-electron chi connectivity index (χ3n) is 2.42. The minimum Gasteiger partial charge on any atom is -0.490 e. The molecule has 1 aromatic heterocycles. The summed E-state index contributed by atoms with van der Waals surface area (Å²) in [6.07, 6.45) is 0. The monoisotopic (exact) mass is 269 g/mol. The SMILES string of the molecule is COCCOCCOc1cc(C)nc(C)c1C(=O)O. The molecule has 0 bridgehead atoms. The number of carboxylic acid groups (broad SMARTS) is 1. The molecule has 0 saturated heterocycles. The first-order chi connectivity index (χ1) is 9.06. The van der Waals surface area contributed by atoms with E-state index in [1.807, 2.05) is 0 Å². The number of aryl methyl sites for hydroxylation is 2. The van der Waals surface area contributed by atoms with Crippen molar-refractivity contribution in [3.05, 3.63) is 23.0 Å². The third kappa shape index (κ3) is 4.84. The number of ether oxygens (including phenoxy) is 3. The molecule has 0 aliphatic carbocycles. The van der Waals surface area contributed by atoms with Gasteiger partial charge in [0.2, 0.25) is 0 Å². The standard InChI is InChI=1S/C13H19NO5/c1-9-8-11(12(13(15)16)10(2)14-9)19-7-6-18-5-4-17-3/h8H,4-7H2,1-3H3,(H,15,16). The molecule has 1 N–H and O–H groups in total. The van der Waals surface area contributed by atoms with Crippen molar-refractivity contribution in [1.29, 1.82) is 0 Å². The predicted molar refractivity (Wildman–Crippen MR) is 68.9 cm³/mol. The molecule has 0 atom stereocenters. The normalized spacial score (nSPS) is 10.5. The zero-order valence-electron chi connectivity index (χ0n) is 11.4. The molecule has 0 spiro atoms. The Morgan fingerprint density at radius 3 is 2.58 bits per heavy atom. The van der Waals surface area contributed by atoms with Gasteiger partial charge in [0.1, 0.15) is 17.9 Å². The van der Waals surface area contributed by atoms with E-state index in [2.05, 4.69) is 4.98 Å². The highest BCUT2D eigenvalue weighted by Gasteiger charge is 2.16. The van der Waals surface area contributed by atoms with Crippen LogP contribution in [0.15, 0.2) is 6.07 Å². The number of aromatic nitrogens is 1. The summed E-state index contributed by atoms with van der Waals surface area (Å²) in [6, 6.07) is 1.62. The van der Waals surface area contributed by atoms with E-state index in [1.165, 1.54) is 0 Å². The van der Waals surface area contributed by atoms with E-state index in [-0.39, 0.29) is 12.2 Å². The molecule has 1 aromatic rings. The van der Waals surface area contributed by atoms with Gasteiger partial charge in [0.15, 0.2) is 0 Å². The Morgan fingerprint density at radius 1 is 1.26 bits per heavy atom. The second-order valence-corrected chi connectivity index (χ2v) is 3.98. The Balaban J connectivity index is 2.59. The smallest absolute Gasteiger partial charge is 0.341 e. The summed E-state index contributed by atoms with van der Waals surface area (Å²) < 4.78 is 15.5. The van der Waals surface area contributed by atoms with E-state index in [1.54, 1.807) is 27.0 Å². The van der Waals surface area contributed by atoms with Gasteiger partial charge in [-0.05, 0) is 13.8 Å². The van der Waals surface area contributed by atoms with Crippen LogP contribution in [0.2, 0.25) is 0 Å². The summed E-state index contributed by atoms with van der Waals surface area (Å²) in [6.45, 7) is 5.11. The van der Waals surface area contributed by atoms with E-state index in [9.17, 15) is 4.79 Å². The molecule has 0 aromatic carbocycles. The van der Waals surface area contributed by atoms with Crippen LogP contribution >= 0.6 is 0 Å². The van der Waals surface area contributed by atoms with Crippen molar-refractivity contribution >= 4 is 5.97 Å². The lowest BCUT2D eigenvalue weighted by Gasteiger charge is -2.12. The molecule has 106 valence electrons. The van der Waals surface area contributed by atoms with Crippen molar-refractivity contribution in [1.82, 2.24) is 4.98 Å². The van der Waals surface area contributed by atoms with Crippen molar-refractivity contribution in [3.8, 4) is 5.75 Å². The summed E-state index contributed by atoms with van der Waals surface area (Å²) in [5, 5.41) is 9.14. The van der Waals surface area contributed by atoms with Gasteiger partial charge in [-0.2, -0.15) is 0 Å². The number of aromatic carboxylic acids is 1. The first-order valence-corrected chi connectivity index (χ1v) is 5.97. The molecule has 1 rings (SSSR count). The molecule has 0 fully saturated rings.